The average molecular weight is 365 g/mol. The summed E-state index contributed by atoms with van der Waals surface area (Å²) in [5.74, 6) is 2.83. The Kier molecular flexibility index (Phi) is 4.16. The van der Waals surface area contributed by atoms with E-state index >= 15 is 0 Å². The van der Waals surface area contributed by atoms with Crippen molar-refractivity contribution >= 4 is 5.78 Å². The number of fused-ring (bicyclic) bond motifs is 2. The third-order valence-electron chi connectivity index (χ3n) is 5.34. The quantitative estimate of drug-likeness (QED) is 0.711. The Hall–Kier alpha value is -2.67. The van der Waals surface area contributed by atoms with Crippen LogP contribution in [0.3, 0.4) is 0 Å². The number of likely N-dealkylation sites (tertiary alicyclic amines) is 1. The van der Waals surface area contributed by atoms with Gasteiger partial charge in [-0.2, -0.15) is 10.1 Å². The van der Waals surface area contributed by atoms with Gasteiger partial charge in [0.05, 0.1) is 5.69 Å². The van der Waals surface area contributed by atoms with Crippen molar-refractivity contribution in [3.63, 3.8) is 0 Å². The van der Waals surface area contributed by atoms with Gasteiger partial charge < -0.3 is 9.47 Å². The third-order valence-corrected chi connectivity index (χ3v) is 5.34. The second-order valence-electron chi connectivity index (χ2n) is 7.35. The molecule has 0 bridgehead atoms. The van der Waals surface area contributed by atoms with Gasteiger partial charge in [0.2, 0.25) is 0 Å². The van der Waals surface area contributed by atoms with Crippen molar-refractivity contribution in [3.05, 3.63) is 47.5 Å². The molecule has 3 aromatic rings. The van der Waals surface area contributed by atoms with Crippen molar-refractivity contribution < 1.29 is 9.47 Å². The van der Waals surface area contributed by atoms with Crippen molar-refractivity contribution in [3.8, 4) is 11.5 Å². The zero-order valence-corrected chi connectivity index (χ0v) is 15.5. The molecule has 7 heteroatoms. The summed E-state index contributed by atoms with van der Waals surface area (Å²) in [6.07, 6.45) is 3.92. The smallest absolute Gasteiger partial charge is 0.252 e. The van der Waals surface area contributed by atoms with Gasteiger partial charge in [-0.05, 0) is 50.1 Å². The molecule has 0 radical (unpaired) electrons. The first-order valence-corrected chi connectivity index (χ1v) is 9.54. The molecule has 0 spiro atoms. The molecule has 0 aliphatic carbocycles. The number of aryl methyl sites for hydroxylation is 1. The maximum atomic E-state index is 5.73. The van der Waals surface area contributed by atoms with Crippen LogP contribution in [0.2, 0.25) is 0 Å². The van der Waals surface area contributed by atoms with E-state index in [0.29, 0.717) is 24.9 Å². The highest BCUT2D eigenvalue weighted by molar-refractivity contribution is 5.43. The number of rotatable bonds is 3. The van der Waals surface area contributed by atoms with Crippen molar-refractivity contribution in [1.29, 1.82) is 0 Å². The van der Waals surface area contributed by atoms with Gasteiger partial charge in [-0.1, -0.05) is 6.07 Å². The molecular weight excluding hydrogens is 342 g/mol. The minimum atomic E-state index is 0.432. The SMILES string of the molecule is Cc1cc(C2CCCN(Cc3ccc4c(c3)OCCO4)C2)n2ncnc2n1. The van der Waals surface area contributed by atoms with Crippen LogP contribution in [0.4, 0.5) is 0 Å². The van der Waals surface area contributed by atoms with E-state index in [1.807, 2.05) is 17.5 Å². The molecule has 2 aliphatic rings. The number of benzene rings is 1. The van der Waals surface area contributed by atoms with Crippen LogP contribution in [0, 0.1) is 6.92 Å². The lowest BCUT2D eigenvalue weighted by molar-refractivity contribution is 0.170. The average Bonchev–Trinajstić information content (AvgIpc) is 3.16. The summed E-state index contributed by atoms with van der Waals surface area (Å²) in [6, 6.07) is 8.43. The molecule has 7 nitrogen and oxygen atoms in total. The van der Waals surface area contributed by atoms with E-state index in [1.54, 1.807) is 6.33 Å². The monoisotopic (exact) mass is 365 g/mol. The van der Waals surface area contributed by atoms with Crippen molar-refractivity contribution in [1.82, 2.24) is 24.5 Å². The molecule has 2 aromatic heterocycles. The minimum absolute atomic E-state index is 0.432. The number of aromatic nitrogens is 4. The topological polar surface area (TPSA) is 64.8 Å². The Bertz CT molecular complexity index is 970. The van der Waals surface area contributed by atoms with E-state index in [2.05, 4.69) is 38.2 Å². The van der Waals surface area contributed by atoms with E-state index in [4.69, 9.17) is 9.47 Å². The van der Waals surface area contributed by atoms with Crippen LogP contribution >= 0.6 is 0 Å². The van der Waals surface area contributed by atoms with Crippen LogP contribution < -0.4 is 9.47 Å². The second kappa shape index (κ2) is 6.81. The normalized spacial score (nSPS) is 20.1. The zero-order chi connectivity index (χ0) is 18.2. The van der Waals surface area contributed by atoms with Gasteiger partial charge in [0.1, 0.15) is 19.5 Å². The van der Waals surface area contributed by atoms with E-state index in [-0.39, 0.29) is 0 Å². The highest BCUT2D eigenvalue weighted by Crippen LogP contribution is 2.32. The summed E-state index contributed by atoms with van der Waals surface area (Å²) in [5, 5.41) is 4.39. The molecule has 5 rings (SSSR count). The summed E-state index contributed by atoms with van der Waals surface area (Å²) in [5.41, 5.74) is 3.47. The lowest BCUT2D eigenvalue weighted by Gasteiger charge is -2.33. The molecular formula is C20H23N5O2. The molecule has 0 saturated carbocycles. The van der Waals surface area contributed by atoms with Gasteiger partial charge in [-0.25, -0.2) is 9.50 Å². The van der Waals surface area contributed by atoms with E-state index in [1.165, 1.54) is 17.7 Å². The molecule has 1 saturated heterocycles. The number of ether oxygens (including phenoxy) is 2. The number of hydrogen-bond acceptors (Lipinski definition) is 6. The van der Waals surface area contributed by atoms with Crippen LogP contribution in [0.25, 0.3) is 5.78 Å². The van der Waals surface area contributed by atoms with E-state index < -0.39 is 0 Å². The number of piperidine rings is 1. The van der Waals surface area contributed by atoms with E-state index in [9.17, 15) is 0 Å². The van der Waals surface area contributed by atoms with Gasteiger partial charge in [-0.15, -0.1) is 0 Å². The van der Waals surface area contributed by atoms with Crippen LogP contribution in [0.15, 0.2) is 30.6 Å². The first-order chi connectivity index (χ1) is 13.3. The Morgan fingerprint density at radius 1 is 1.15 bits per heavy atom. The summed E-state index contributed by atoms with van der Waals surface area (Å²) in [7, 11) is 0. The first-order valence-electron chi connectivity index (χ1n) is 9.54. The van der Waals surface area contributed by atoms with Crippen molar-refractivity contribution in [2.45, 2.75) is 32.2 Å². The predicted octanol–water partition coefficient (Wildman–Crippen LogP) is 2.58. The molecule has 0 N–H and O–H groups in total. The Morgan fingerprint density at radius 2 is 2.04 bits per heavy atom. The lowest BCUT2D eigenvalue weighted by Crippen LogP contribution is -2.34. The summed E-state index contributed by atoms with van der Waals surface area (Å²) in [4.78, 5) is 11.2. The molecule has 1 unspecified atom stereocenters. The first kappa shape index (κ1) is 16.5. The van der Waals surface area contributed by atoms with Gasteiger partial charge in [0.15, 0.2) is 11.5 Å². The lowest BCUT2D eigenvalue weighted by atomic mass is 9.93. The maximum absolute atomic E-state index is 5.73. The summed E-state index contributed by atoms with van der Waals surface area (Å²) in [6.45, 7) is 6.30. The Morgan fingerprint density at radius 3 is 2.96 bits per heavy atom. The fraction of sp³-hybridized carbons (Fsp3) is 0.450. The predicted molar refractivity (Wildman–Crippen MR) is 100 cm³/mol. The zero-order valence-electron chi connectivity index (χ0n) is 15.5. The summed E-state index contributed by atoms with van der Waals surface area (Å²) >= 11 is 0. The molecule has 140 valence electrons. The van der Waals surface area contributed by atoms with E-state index in [0.717, 1.165) is 43.2 Å². The Labute approximate surface area is 157 Å². The van der Waals surface area contributed by atoms with Gasteiger partial charge in [0, 0.05) is 24.7 Å². The third kappa shape index (κ3) is 3.23. The molecule has 2 aliphatic heterocycles. The van der Waals surface area contributed by atoms with Crippen LogP contribution in [-0.2, 0) is 6.54 Å². The van der Waals surface area contributed by atoms with Gasteiger partial charge >= 0.3 is 0 Å². The minimum Gasteiger partial charge on any atom is -0.486 e. The Balaban J connectivity index is 1.36. The van der Waals surface area contributed by atoms with Crippen molar-refractivity contribution in [2.75, 3.05) is 26.3 Å². The highest BCUT2D eigenvalue weighted by atomic mass is 16.6. The molecule has 4 heterocycles. The largest absolute Gasteiger partial charge is 0.486 e. The molecule has 1 atom stereocenters. The fourth-order valence-corrected chi connectivity index (χ4v) is 4.13. The fourth-order valence-electron chi connectivity index (χ4n) is 4.13. The molecule has 1 aromatic carbocycles. The standard InChI is InChI=1S/C20H23N5O2/c1-14-9-17(25-20(23-14)21-13-22-25)16-3-2-6-24(12-16)11-15-4-5-18-19(10-15)27-8-7-26-18/h4-5,9-10,13,16H,2-3,6-8,11-12H2,1H3. The molecule has 0 amide bonds. The van der Waals surface area contributed by atoms with Crippen LogP contribution in [0.5, 0.6) is 11.5 Å². The van der Waals surface area contributed by atoms with Gasteiger partial charge in [0.25, 0.3) is 5.78 Å². The highest BCUT2D eigenvalue weighted by Gasteiger charge is 2.25. The van der Waals surface area contributed by atoms with Crippen molar-refractivity contribution in [2.24, 2.45) is 0 Å². The maximum Gasteiger partial charge on any atom is 0.252 e. The molecule has 1 fully saturated rings. The van der Waals surface area contributed by atoms with Crippen LogP contribution in [-0.4, -0.2) is 50.8 Å². The van der Waals surface area contributed by atoms with Gasteiger partial charge in [-0.3, -0.25) is 4.90 Å². The second-order valence-corrected chi connectivity index (χ2v) is 7.35. The number of nitrogens with zero attached hydrogens (tertiary/aromatic N) is 5. The summed E-state index contributed by atoms with van der Waals surface area (Å²) < 4.78 is 13.2. The molecule has 27 heavy (non-hydrogen) atoms. The number of hydrogen-bond donors (Lipinski definition) is 0. The van der Waals surface area contributed by atoms with Crippen LogP contribution in [0.1, 0.15) is 35.7 Å².